The fraction of sp³-hybridized carbons (Fsp3) is 0.444. The maximum atomic E-state index is 12.9. The number of fused-ring (bicyclic) bond motifs is 2. The molecule has 2 fully saturated rings. The molecule has 23 heavy (non-hydrogen) atoms. The molecule has 0 spiro atoms. The van der Waals surface area contributed by atoms with Crippen LogP contribution in [0.1, 0.15) is 10.4 Å². The van der Waals surface area contributed by atoms with Gasteiger partial charge in [0.2, 0.25) is 0 Å². The number of ether oxygens (including phenoxy) is 2. The summed E-state index contributed by atoms with van der Waals surface area (Å²) in [4.78, 5) is 19.1. The van der Waals surface area contributed by atoms with E-state index < -0.39 is 0 Å². The quantitative estimate of drug-likeness (QED) is 0.869. The van der Waals surface area contributed by atoms with Gasteiger partial charge < -0.3 is 14.4 Å². The number of pyridine rings is 1. The molecule has 2 aliphatic heterocycles. The molecule has 4 rings (SSSR count). The van der Waals surface area contributed by atoms with Crippen molar-refractivity contribution in [3.05, 3.63) is 42.1 Å². The molecule has 1 amide bonds. The van der Waals surface area contributed by atoms with Crippen LogP contribution in [0.15, 0.2) is 36.5 Å². The number of carbonyl (C=O) groups is 1. The molecule has 120 valence electrons. The highest BCUT2D eigenvalue weighted by molar-refractivity contribution is 5.98. The number of likely N-dealkylation sites (tertiary alicyclic amines) is 1. The van der Waals surface area contributed by atoms with Gasteiger partial charge in [0.05, 0.1) is 25.3 Å². The minimum atomic E-state index is -0.0389. The highest BCUT2D eigenvalue weighted by Crippen LogP contribution is 2.41. The van der Waals surface area contributed by atoms with Gasteiger partial charge in [-0.25, -0.2) is 0 Å². The van der Waals surface area contributed by atoms with Crippen molar-refractivity contribution in [2.75, 3.05) is 40.0 Å². The van der Waals surface area contributed by atoms with E-state index in [0.29, 0.717) is 25.7 Å². The molecule has 5 heteroatoms. The largest absolute Gasteiger partial charge is 0.384 e. The normalized spacial score (nSPS) is 26.7. The Morgan fingerprint density at radius 2 is 2.39 bits per heavy atom. The van der Waals surface area contributed by atoms with Crippen molar-refractivity contribution >= 4 is 16.8 Å². The van der Waals surface area contributed by atoms with E-state index >= 15 is 0 Å². The van der Waals surface area contributed by atoms with Gasteiger partial charge in [0.1, 0.15) is 0 Å². The molecule has 0 radical (unpaired) electrons. The van der Waals surface area contributed by atoms with Gasteiger partial charge in [-0.3, -0.25) is 9.78 Å². The van der Waals surface area contributed by atoms with Crippen LogP contribution in [-0.4, -0.2) is 55.8 Å². The summed E-state index contributed by atoms with van der Waals surface area (Å²) < 4.78 is 11.0. The molecule has 0 unspecified atom stereocenters. The van der Waals surface area contributed by atoms with E-state index in [0.717, 1.165) is 29.6 Å². The minimum absolute atomic E-state index is 0.0389. The van der Waals surface area contributed by atoms with E-state index in [1.54, 1.807) is 13.3 Å². The van der Waals surface area contributed by atoms with E-state index in [2.05, 4.69) is 4.98 Å². The molecular formula is C18H20N2O3. The van der Waals surface area contributed by atoms with Gasteiger partial charge in [-0.15, -0.1) is 0 Å². The van der Waals surface area contributed by atoms with Crippen molar-refractivity contribution in [3.8, 4) is 0 Å². The van der Waals surface area contributed by atoms with Crippen LogP contribution in [0.3, 0.4) is 0 Å². The second-order valence-corrected chi connectivity index (χ2v) is 6.60. The Morgan fingerprint density at radius 3 is 3.26 bits per heavy atom. The zero-order valence-corrected chi connectivity index (χ0v) is 13.2. The predicted molar refractivity (Wildman–Crippen MR) is 86.3 cm³/mol. The summed E-state index contributed by atoms with van der Waals surface area (Å²) in [6.45, 7) is 3.48. The lowest BCUT2D eigenvalue weighted by Gasteiger charge is -2.26. The van der Waals surface area contributed by atoms with Crippen molar-refractivity contribution in [1.29, 1.82) is 0 Å². The first-order valence-corrected chi connectivity index (χ1v) is 7.93. The highest BCUT2D eigenvalue weighted by Gasteiger charge is 2.51. The van der Waals surface area contributed by atoms with Crippen LogP contribution in [-0.2, 0) is 9.47 Å². The van der Waals surface area contributed by atoms with Crippen LogP contribution in [0.25, 0.3) is 10.9 Å². The average Bonchev–Trinajstić information content (AvgIpc) is 3.11. The van der Waals surface area contributed by atoms with Gasteiger partial charge in [0.15, 0.2) is 0 Å². The SMILES string of the molecule is COC[C@@]12COC[C@@H]1CN(C(=O)c1ccc3ncccc3c1)C2. The Kier molecular flexibility index (Phi) is 3.54. The first kappa shape index (κ1) is 14.6. The lowest BCUT2D eigenvalue weighted by molar-refractivity contribution is 0.0489. The number of amides is 1. The van der Waals surface area contributed by atoms with Gasteiger partial charge in [0.25, 0.3) is 5.91 Å². The number of hydrogen-bond acceptors (Lipinski definition) is 4. The van der Waals surface area contributed by atoms with E-state index in [9.17, 15) is 4.79 Å². The maximum absolute atomic E-state index is 12.9. The number of aromatic nitrogens is 1. The Bertz CT molecular complexity index is 748. The summed E-state index contributed by atoms with van der Waals surface area (Å²) in [6, 6.07) is 9.58. The number of carbonyl (C=O) groups excluding carboxylic acids is 1. The molecule has 2 saturated heterocycles. The molecule has 0 bridgehead atoms. The van der Waals surface area contributed by atoms with Gasteiger partial charge in [-0.05, 0) is 24.3 Å². The van der Waals surface area contributed by atoms with Crippen LogP contribution < -0.4 is 0 Å². The Morgan fingerprint density at radius 1 is 1.48 bits per heavy atom. The number of hydrogen-bond donors (Lipinski definition) is 0. The van der Waals surface area contributed by atoms with E-state index in [4.69, 9.17) is 9.47 Å². The third kappa shape index (κ3) is 2.40. The van der Waals surface area contributed by atoms with Crippen LogP contribution in [0.4, 0.5) is 0 Å². The monoisotopic (exact) mass is 312 g/mol. The molecule has 0 saturated carbocycles. The topological polar surface area (TPSA) is 51.7 Å². The lowest BCUT2D eigenvalue weighted by Crippen LogP contribution is -2.37. The van der Waals surface area contributed by atoms with Gasteiger partial charge in [-0.2, -0.15) is 0 Å². The molecule has 1 aromatic heterocycles. The predicted octanol–water partition coefficient (Wildman–Crippen LogP) is 1.97. The smallest absolute Gasteiger partial charge is 0.253 e. The van der Waals surface area contributed by atoms with Crippen molar-refractivity contribution in [2.24, 2.45) is 11.3 Å². The van der Waals surface area contributed by atoms with Crippen molar-refractivity contribution in [2.45, 2.75) is 0 Å². The molecule has 5 nitrogen and oxygen atoms in total. The lowest BCUT2D eigenvalue weighted by atomic mass is 9.82. The zero-order valence-electron chi connectivity index (χ0n) is 13.2. The molecular weight excluding hydrogens is 292 g/mol. The third-order valence-corrected chi connectivity index (χ3v) is 5.09. The Balaban J connectivity index is 1.59. The summed E-state index contributed by atoms with van der Waals surface area (Å²) in [5, 5.41) is 0.993. The van der Waals surface area contributed by atoms with Crippen LogP contribution in [0.5, 0.6) is 0 Å². The summed E-state index contributed by atoms with van der Waals surface area (Å²) in [7, 11) is 1.71. The first-order valence-electron chi connectivity index (χ1n) is 7.93. The van der Waals surface area contributed by atoms with Gasteiger partial charge in [0, 0.05) is 48.7 Å². The van der Waals surface area contributed by atoms with Crippen LogP contribution in [0.2, 0.25) is 0 Å². The molecule has 3 heterocycles. The number of nitrogens with zero attached hydrogens (tertiary/aromatic N) is 2. The minimum Gasteiger partial charge on any atom is -0.384 e. The molecule has 1 aromatic carbocycles. The highest BCUT2D eigenvalue weighted by atomic mass is 16.5. The standard InChI is InChI=1S/C18H20N2O3/c1-22-11-18-10-20(8-15(18)9-23-12-18)17(21)14-4-5-16-13(7-14)3-2-6-19-16/h2-7,15H,8-12H2,1H3/t15-,18-/m0/s1. The molecule has 2 aliphatic rings. The zero-order chi connectivity index (χ0) is 15.9. The van der Waals surface area contributed by atoms with Crippen LogP contribution >= 0.6 is 0 Å². The van der Waals surface area contributed by atoms with Gasteiger partial charge >= 0.3 is 0 Å². The van der Waals surface area contributed by atoms with Crippen molar-refractivity contribution in [3.63, 3.8) is 0 Å². The van der Waals surface area contributed by atoms with Crippen molar-refractivity contribution < 1.29 is 14.3 Å². The number of methoxy groups -OCH3 is 1. The Labute approximate surface area is 135 Å². The first-order chi connectivity index (χ1) is 11.2. The molecule has 0 N–H and O–H groups in total. The Hall–Kier alpha value is -1.98. The average molecular weight is 312 g/mol. The number of benzene rings is 1. The summed E-state index contributed by atoms with van der Waals surface area (Å²) in [5.74, 6) is 0.453. The third-order valence-electron chi connectivity index (χ3n) is 5.09. The maximum Gasteiger partial charge on any atom is 0.253 e. The second kappa shape index (κ2) is 5.58. The summed E-state index contributed by atoms with van der Waals surface area (Å²) in [5.41, 5.74) is 1.59. The van der Waals surface area contributed by atoms with E-state index in [-0.39, 0.29) is 11.3 Å². The van der Waals surface area contributed by atoms with E-state index in [1.165, 1.54) is 0 Å². The fourth-order valence-electron chi connectivity index (χ4n) is 3.87. The fourth-order valence-corrected chi connectivity index (χ4v) is 3.87. The summed E-state index contributed by atoms with van der Waals surface area (Å²) >= 11 is 0. The molecule has 2 atom stereocenters. The van der Waals surface area contributed by atoms with Crippen LogP contribution in [0, 0.1) is 11.3 Å². The second-order valence-electron chi connectivity index (χ2n) is 6.60. The molecule has 0 aliphatic carbocycles. The van der Waals surface area contributed by atoms with Crippen molar-refractivity contribution in [1.82, 2.24) is 9.88 Å². The van der Waals surface area contributed by atoms with E-state index in [1.807, 2.05) is 35.2 Å². The molecule has 2 aromatic rings. The summed E-state index contributed by atoms with van der Waals surface area (Å²) in [6.07, 6.45) is 1.76. The van der Waals surface area contributed by atoms with Gasteiger partial charge in [-0.1, -0.05) is 6.07 Å². The number of rotatable bonds is 3.